The summed E-state index contributed by atoms with van der Waals surface area (Å²) in [7, 11) is 0. The number of nitrogens with one attached hydrogen (secondary N) is 1. The summed E-state index contributed by atoms with van der Waals surface area (Å²) in [6, 6.07) is 11.5. The lowest BCUT2D eigenvalue weighted by Crippen LogP contribution is -2.47. The highest BCUT2D eigenvalue weighted by atomic mass is 16.2. The van der Waals surface area contributed by atoms with Gasteiger partial charge in [-0.15, -0.1) is 0 Å². The van der Waals surface area contributed by atoms with Crippen LogP contribution >= 0.6 is 0 Å². The summed E-state index contributed by atoms with van der Waals surface area (Å²) in [5, 5.41) is 10.1. The Kier molecular flexibility index (Phi) is 4.20. The van der Waals surface area contributed by atoms with E-state index >= 15 is 0 Å². The summed E-state index contributed by atoms with van der Waals surface area (Å²) in [6.45, 7) is 2.43. The number of hydrogen-bond donors (Lipinski definition) is 1. The molecule has 3 heterocycles. The molecule has 0 unspecified atom stereocenters. The van der Waals surface area contributed by atoms with E-state index in [-0.39, 0.29) is 11.4 Å². The van der Waals surface area contributed by atoms with Crippen molar-refractivity contribution in [2.75, 3.05) is 24.5 Å². The zero-order chi connectivity index (χ0) is 19.8. The largest absolute Gasteiger partial charge is 0.354 e. The van der Waals surface area contributed by atoms with Crippen molar-refractivity contribution in [3.05, 3.63) is 54.0 Å². The summed E-state index contributed by atoms with van der Waals surface area (Å²) in [5.41, 5.74) is 2.23. The Hall–Kier alpha value is -3.40. The maximum atomic E-state index is 13.2. The fourth-order valence-corrected chi connectivity index (χ4v) is 4.45. The maximum absolute atomic E-state index is 13.2. The molecule has 1 spiro atoms. The molecule has 1 aliphatic heterocycles. The number of nitriles is 1. The van der Waals surface area contributed by atoms with E-state index < -0.39 is 0 Å². The molecule has 0 radical (unpaired) electrons. The average Bonchev–Trinajstić information content (AvgIpc) is 3.40. The second kappa shape index (κ2) is 6.89. The number of rotatable bonds is 3. The molecule has 1 saturated heterocycles. The van der Waals surface area contributed by atoms with Gasteiger partial charge in [0.25, 0.3) is 0 Å². The third-order valence-electron chi connectivity index (χ3n) is 6.04. The number of carbonyl (C=O) groups excluding carboxylic acids is 1. The van der Waals surface area contributed by atoms with Crippen molar-refractivity contribution in [1.29, 1.82) is 5.26 Å². The highest BCUT2D eigenvalue weighted by Crippen LogP contribution is 2.45. The van der Waals surface area contributed by atoms with Gasteiger partial charge in [-0.1, -0.05) is 12.1 Å². The molecule has 29 heavy (non-hydrogen) atoms. The summed E-state index contributed by atoms with van der Waals surface area (Å²) < 4.78 is 0. The molecule has 0 bridgehead atoms. The van der Waals surface area contributed by atoms with Crippen LogP contribution in [0.15, 0.2) is 42.9 Å². The van der Waals surface area contributed by atoms with Gasteiger partial charge < -0.3 is 14.8 Å². The maximum Gasteiger partial charge on any atom is 0.227 e. The van der Waals surface area contributed by atoms with Crippen molar-refractivity contribution in [2.24, 2.45) is 0 Å². The molecule has 2 aromatic heterocycles. The lowest BCUT2D eigenvalue weighted by atomic mass is 10.1. The smallest absolute Gasteiger partial charge is 0.227 e. The number of amides is 1. The normalized spacial score (nSPS) is 17.9. The molecule has 1 N–H and O–H groups in total. The van der Waals surface area contributed by atoms with Crippen LogP contribution in [0.1, 0.15) is 30.4 Å². The molecule has 7 nitrogen and oxygen atoms in total. The van der Waals surface area contributed by atoms with E-state index in [0.29, 0.717) is 12.0 Å². The second-order valence-corrected chi connectivity index (χ2v) is 7.97. The molecule has 1 amide bonds. The predicted octanol–water partition coefficient (Wildman–Crippen LogP) is 2.64. The van der Waals surface area contributed by atoms with Gasteiger partial charge in [0.2, 0.25) is 5.91 Å². The van der Waals surface area contributed by atoms with Gasteiger partial charge in [-0.2, -0.15) is 5.26 Å². The predicted molar refractivity (Wildman–Crippen MR) is 109 cm³/mol. The molecule has 146 valence electrons. The van der Waals surface area contributed by atoms with Crippen LogP contribution in [0, 0.1) is 11.3 Å². The Bertz CT molecular complexity index is 1110. The van der Waals surface area contributed by atoms with Gasteiger partial charge >= 0.3 is 0 Å². The van der Waals surface area contributed by atoms with Crippen molar-refractivity contribution >= 4 is 22.8 Å². The van der Waals surface area contributed by atoms with Crippen molar-refractivity contribution < 1.29 is 4.79 Å². The van der Waals surface area contributed by atoms with Gasteiger partial charge in [0.15, 0.2) is 0 Å². The van der Waals surface area contributed by atoms with Crippen molar-refractivity contribution in [3.63, 3.8) is 0 Å². The van der Waals surface area contributed by atoms with Crippen molar-refractivity contribution in [2.45, 2.75) is 31.2 Å². The van der Waals surface area contributed by atoms with E-state index in [2.05, 4.69) is 30.8 Å². The first kappa shape index (κ1) is 17.7. The first-order valence-electron chi connectivity index (χ1n) is 10.0. The van der Waals surface area contributed by atoms with Crippen LogP contribution in [0.5, 0.6) is 0 Å². The van der Waals surface area contributed by atoms with Crippen LogP contribution in [0.25, 0.3) is 11.0 Å². The van der Waals surface area contributed by atoms with E-state index in [1.165, 1.54) is 0 Å². The Balaban J connectivity index is 1.38. The fraction of sp³-hybridized carbons (Fsp3) is 0.364. The molecular weight excluding hydrogens is 364 g/mol. The van der Waals surface area contributed by atoms with Crippen LogP contribution in [-0.2, 0) is 11.2 Å². The van der Waals surface area contributed by atoms with E-state index in [1.807, 2.05) is 30.5 Å². The number of anilines is 1. The van der Waals surface area contributed by atoms with Gasteiger partial charge in [0.05, 0.1) is 29.0 Å². The lowest BCUT2D eigenvalue weighted by Gasteiger charge is -2.32. The molecule has 5 rings (SSSR count). The van der Waals surface area contributed by atoms with Gasteiger partial charge in [-0.05, 0) is 43.0 Å². The second-order valence-electron chi connectivity index (χ2n) is 7.97. The van der Waals surface area contributed by atoms with E-state index in [0.717, 1.165) is 61.3 Å². The van der Waals surface area contributed by atoms with Gasteiger partial charge in [-0.25, -0.2) is 9.97 Å². The highest BCUT2D eigenvalue weighted by Gasteiger charge is 2.52. The minimum Gasteiger partial charge on any atom is -0.354 e. The number of benzene rings is 1. The Morgan fingerprint density at radius 3 is 2.97 bits per heavy atom. The number of nitrogens with zero attached hydrogens (tertiary/aromatic N) is 5. The number of fused-ring (bicyclic) bond motifs is 1. The molecule has 1 aromatic carbocycles. The average molecular weight is 386 g/mol. The van der Waals surface area contributed by atoms with E-state index in [1.54, 1.807) is 12.4 Å². The lowest BCUT2D eigenvalue weighted by molar-refractivity contribution is -0.133. The molecule has 1 aliphatic carbocycles. The van der Waals surface area contributed by atoms with Crippen LogP contribution in [0.4, 0.5) is 5.82 Å². The van der Waals surface area contributed by atoms with Crippen LogP contribution in [-0.4, -0.2) is 50.9 Å². The summed E-state index contributed by atoms with van der Waals surface area (Å²) in [6.07, 6.45) is 6.78. The standard InChI is InChI=1S/C22H22N6O/c23-13-17-4-1-3-16(11-17)12-19(29)28-10-2-9-27(14-22(28)6-7-22)21-18-5-8-24-20(18)25-15-26-21/h1,3-5,8,11,15H,2,6-7,9-10,12,14H2,(H,24,25,26). The number of H-pyrrole nitrogens is 1. The van der Waals surface area contributed by atoms with Crippen LogP contribution in [0.3, 0.4) is 0 Å². The van der Waals surface area contributed by atoms with Crippen LogP contribution < -0.4 is 4.90 Å². The molecule has 3 aromatic rings. The number of hydrogen-bond acceptors (Lipinski definition) is 5. The van der Waals surface area contributed by atoms with Gasteiger partial charge in [-0.3, -0.25) is 4.79 Å². The Labute approximate surface area is 169 Å². The SMILES string of the molecule is N#Cc1cccc(CC(=O)N2CCCN(c3ncnc4[nH]ccc34)CC23CC3)c1. The zero-order valence-corrected chi connectivity index (χ0v) is 16.1. The highest BCUT2D eigenvalue weighted by molar-refractivity contribution is 5.87. The minimum absolute atomic E-state index is 0.103. The van der Waals surface area contributed by atoms with Crippen molar-refractivity contribution in [1.82, 2.24) is 19.9 Å². The minimum atomic E-state index is -0.103. The van der Waals surface area contributed by atoms with Crippen molar-refractivity contribution in [3.8, 4) is 6.07 Å². The quantitative estimate of drug-likeness (QED) is 0.747. The molecule has 2 fully saturated rings. The van der Waals surface area contributed by atoms with Crippen LogP contribution in [0.2, 0.25) is 0 Å². The number of aromatic amines is 1. The van der Waals surface area contributed by atoms with Gasteiger partial charge in [0.1, 0.15) is 17.8 Å². The molecule has 7 heteroatoms. The third kappa shape index (κ3) is 3.21. The van der Waals surface area contributed by atoms with E-state index in [4.69, 9.17) is 5.26 Å². The first-order chi connectivity index (χ1) is 14.2. The molecule has 1 saturated carbocycles. The fourth-order valence-electron chi connectivity index (χ4n) is 4.45. The monoisotopic (exact) mass is 386 g/mol. The zero-order valence-electron chi connectivity index (χ0n) is 16.1. The molecule has 0 atom stereocenters. The first-order valence-corrected chi connectivity index (χ1v) is 10.0. The summed E-state index contributed by atoms with van der Waals surface area (Å²) >= 11 is 0. The number of carbonyl (C=O) groups is 1. The Morgan fingerprint density at radius 2 is 2.14 bits per heavy atom. The van der Waals surface area contributed by atoms with Gasteiger partial charge in [0, 0.05) is 25.8 Å². The summed E-state index contributed by atoms with van der Waals surface area (Å²) in [5.74, 6) is 1.09. The third-order valence-corrected chi connectivity index (χ3v) is 6.04. The summed E-state index contributed by atoms with van der Waals surface area (Å²) in [4.78, 5) is 29.6. The molecular formula is C22H22N6O. The molecule has 2 aliphatic rings. The Morgan fingerprint density at radius 1 is 1.24 bits per heavy atom. The number of aromatic nitrogens is 3. The topological polar surface area (TPSA) is 88.9 Å². The van der Waals surface area contributed by atoms with E-state index in [9.17, 15) is 4.79 Å².